The van der Waals surface area contributed by atoms with Crippen LogP contribution in [0.4, 0.5) is 10.5 Å². The molecule has 2 heterocycles. The Balaban J connectivity index is 1.52. The highest BCUT2D eigenvalue weighted by Crippen LogP contribution is 2.25. The van der Waals surface area contributed by atoms with Crippen molar-refractivity contribution in [2.45, 2.75) is 38.6 Å². The van der Waals surface area contributed by atoms with Crippen molar-refractivity contribution >= 4 is 35.1 Å². The highest BCUT2D eigenvalue weighted by atomic mass is 35.5. The molecule has 0 aliphatic carbocycles. The Morgan fingerprint density at radius 1 is 1.22 bits per heavy atom. The smallest absolute Gasteiger partial charge is 0.322 e. The van der Waals surface area contributed by atoms with E-state index in [0.29, 0.717) is 19.5 Å². The van der Waals surface area contributed by atoms with Gasteiger partial charge in [-0.25, -0.2) is 4.79 Å². The lowest BCUT2D eigenvalue weighted by Crippen LogP contribution is -2.50. The van der Waals surface area contributed by atoms with Crippen molar-refractivity contribution in [1.82, 2.24) is 15.5 Å². The highest BCUT2D eigenvalue weighted by molar-refractivity contribution is 6.31. The molecule has 27 heavy (non-hydrogen) atoms. The molecule has 7 nitrogen and oxygen atoms in total. The summed E-state index contributed by atoms with van der Waals surface area (Å²) in [6.45, 7) is 6.51. The Morgan fingerprint density at radius 2 is 1.93 bits per heavy atom. The fraction of sp³-hybridized carbons (Fsp3) is 0.526. The van der Waals surface area contributed by atoms with Gasteiger partial charge in [-0.15, -0.1) is 0 Å². The number of rotatable bonds is 5. The third kappa shape index (κ3) is 4.18. The summed E-state index contributed by atoms with van der Waals surface area (Å²) < 4.78 is 0. The lowest BCUT2D eigenvalue weighted by Gasteiger charge is -2.36. The van der Waals surface area contributed by atoms with Gasteiger partial charge in [0.1, 0.15) is 5.54 Å². The molecule has 0 radical (unpaired) electrons. The van der Waals surface area contributed by atoms with E-state index in [1.807, 2.05) is 17.0 Å². The van der Waals surface area contributed by atoms with Crippen LogP contribution in [0.2, 0.25) is 5.02 Å². The van der Waals surface area contributed by atoms with Crippen molar-refractivity contribution in [3.8, 4) is 0 Å². The van der Waals surface area contributed by atoms with Crippen LogP contribution in [0.5, 0.6) is 0 Å². The van der Waals surface area contributed by atoms with Crippen LogP contribution in [0, 0.1) is 0 Å². The van der Waals surface area contributed by atoms with Crippen molar-refractivity contribution < 1.29 is 14.4 Å². The van der Waals surface area contributed by atoms with Gasteiger partial charge < -0.3 is 15.1 Å². The summed E-state index contributed by atoms with van der Waals surface area (Å²) in [4.78, 5) is 39.7. The van der Waals surface area contributed by atoms with Gasteiger partial charge >= 0.3 is 6.03 Å². The minimum Gasteiger partial charge on any atom is -0.368 e. The van der Waals surface area contributed by atoms with Gasteiger partial charge in [-0.05, 0) is 43.5 Å². The minimum atomic E-state index is -1.01. The number of piperazine rings is 1. The second-order valence-electron chi connectivity index (χ2n) is 7.24. The van der Waals surface area contributed by atoms with Crippen molar-refractivity contribution in [3.63, 3.8) is 0 Å². The second kappa shape index (κ2) is 7.76. The first kappa shape index (κ1) is 19.5. The Kier molecular flexibility index (Phi) is 5.60. The number of amides is 4. The van der Waals surface area contributed by atoms with E-state index in [2.05, 4.69) is 28.5 Å². The lowest BCUT2D eigenvalue weighted by molar-refractivity contribution is -0.132. The molecule has 1 aromatic carbocycles. The number of hydrogen-bond donors (Lipinski definition) is 2. The topological polar surface area (TPSA) is 81.8 Å². The van der Waals surface area contributed by atoms with Crippen LogP contribution in [-0.4, -0.2) is 54.5 Å². The number of carbonyl (C=O) groups excluding carboxylic acids is 3. The molecule has 146 valence electrons. The van der Waals surface area contributed by atoms with Gasteiger partial charge in [0, 0.05) is 43.3 Å². The molecule has 0 saturated carbocycles. The molecule has 3 rings (SSSR count). The Labute approximate surface area is 164 Å². The number of hydrogen-bond acceptors (Lipinski definition) is 4. The summed E-state index contributed by atoms with van der Waals surface area (Å²) in [6, 6.07) is 5.55. The monoisotopic (exact) mass is 392 g/mol. The molecule has 4 amide bonds. The third-order valence-corrected chi connectivity index (χ3v) is 5.73. The number of aryl methyl sites for hydroxylation is 1. The second-order valence-corrected chi connectivity index (χ2v) is 7.64. The third-order valence-electron chi connectivity index (χ3n) is 5.36. The zero-order chi connectivity index (χ0) is 19.6. The molecule has 1 atom stereocenters. The summed E-state index contributed by atoms with van der Waals surface area (Å²) in [5, 5.41) is 5.59. The number of nitrogens with one attached hydrogen (secondary N) is 2. The maximum atomic E-state index is 12.5. The van der Waals surface area contributed by atoms with Crippen molar-refractivity contribution in [2.75, 3.05) is 31.1 Å². The van der Waals surface area contributed by atoms with Gasteiger partial charge in [0.25, 0.3) is 5.91 Å². The summed E-state index contributed by atoms with van der Waals surface area (Å²) in [6.07, 6.45) is 1.40. The van der Waals surface area contributed by atoms with E-state index in [-0.39, 0.29) is 18.2 Å². The first-order valence-electron chi connectivity index (χ1n) is 9.27. The van der Waals surface area contributed by atoms with Crippen LogP contribution >= 0.6 is 11.6 Å². The molecule has 0 bridgehead atoms. The Bertz CT molecular complexity index is 761. The average molecular weight is 393 g/mol. The van der Waals surface area contributed by atoms with E-state index in [1.54, 1.807) is 6.92 Å². The van der Waals surface area contributed by atoms with Crippen molar-refractivity contribution in [1.29, 1.82) is 0 Å². The number of benzene rings is 1. The van der Waals surface area contributed by atoms with Gasteiger partial charge in [0.05, 0.1) is 0 Å². The van der Waals surface area contributed by atoms with E-state index < -0.39 is 11.6 Å². The number of halogens is 1. The standard InChI is InChI=1S/C19H25ClN4O3/c1-3-13-12-14(4-5-15(13)20)23-8-10-24(11-9-23)16(25)6-7-19(2)17(26)21-18(27)22-19/h4-5,12H,3,6-11H2,1-2H3,(H2,21,22,26,27)/t19-/m1/s1. The van der Waals surface area contributed by atoms with E-state index in [4.69, 9.17) is 11.6 Å². The van der Waals surface area contributed by atoms with Gasteiger partial charge in [-0.2, -0.15) is 0 Å². The first-order valence-corrected chi connectivity index (χ1v) is 9.65. The zero-order valence-electron chi connectivity index (χ0n) is 15.7. The summed E-state index contributed by atoms with van der Waals surface area (Å²) in [7, 11) is 0. The summed E-state index contributed by atoms with van der Waals surface area (Å²) in [5.74, 6) is -0.366. The molecule has 0 spiro atoms. The van der Waals surface area contributed by atoms with Gasteiger partial charge in [0.15, 0.2) is 0 Å². The number of imide groups is 1. The fourth-order valence-corrected chi connectivity index (χ4v) is 3.76. The van der Waals surface area contributed by atoms with Crippen LogP contribution < -0.4 is 15.5 Å². The normalized spacial score (nSPS) is 22.6. The molecule has 8 heteroatoms. The van der Waals surface area contributed by atoms with Crippen molar-refractivity contribution in [3.05, 3.63) is 28.8 Å². The molecule has 2 aliphatic heterocycles. The predicted octanol–water partition coefficient (Wildman–Crippen LogP) is 1.93. The Morgan fingerprint density at radius 3 is 2.52 bits per heavy atom. The van der Waals surface area contributed by atoms with E-state index in [0.717, 1.165) is 35.8 Å². The van der Waals surface area contributed by atoms with Crippen LogP contribution in [-0.2, 0) is 16.0 Å². The minimum absolute atomic E-state index is 0.00942. The molecule has 0 aromatic heterocycles. The number of carbonyl (C=O) groups is 3. The molecule has 0 unspecified atom stereocenters. The highest BCUT2D eigenvalue weighted by Gasteiger charge is 2.42. The van der Waals surface area contributed by atoms with Crippen LogP contribution in [0.15, 0.2) is 18.2 Å². The average Bonchev–Trinajstić information content (AvgIpc) is 2.92. The molecule has 2 N–H and O–H groups in total. The lowest BCUT2D eigenvalue weighted by atomic mass is 9.96. The summed E-state index contributed by atoms with van der Waals surface area (Å²) >= 11 is 6.19. The molecule has 1 aromatic rings. The quantitative estimate of drug-likeness (QED) is 0.750. The van der Waals surface area contributed by atoms with Gasteiger partial charge in [-0.3, -0.25) is 14.9 Å². The maximum absolute atomic E-state index is 12.5. The predicted molar refractivity (Wildman–Crippen MR) is 104 cm³/mol. The molecule has 2 saturated heterocycles. The molecular weight excluding hydrogens is 368 g/mol. The number of anilines is 1. The zero-order valence-corrected chi connectivity index (χ0v) is 16.4. The van der Waals surface area contributed by atoms with Crippen molar-refractivity contribution in [2.24, 2.45) is 0 Å². The van der Waals surface area contributed by atoms with Gasteiger partial charge in [-0.1, -0.05) is 18.5 Å². The Hall–Kier alpha value is -2.28. The van der Waals surface area contributed by atoms with Crippen LogP contribution in [0.25, 0.3) is 0 Å². The maximum Gasteiger partial charge on any atom is 0.322 e. The molecule has 2 fully saturated rings. The first-order chi connectivity index (χ1) is 12.8. The SMILES string of the molecule is CCc1cc(N2CCN(C(=O)CC[C@@]3(C)NC(=O)NC3=O)CC2)ccc1Cl. The van der Waals surface area contributed by atoms with E-state index in [9.17, 15) is 14.4 Å². The summed E-state index contributed by atoms with van der Waals surface area (Å²) in [5.41, 5.74) is 1.24. The van der Waals surface area contributed by atoms with Gasteiger partial charge in [0.2, 0.25) is 5.91 Å². The molecular formula is C19H25ClN4O3. The van der Waals surface area contributed by atoms with Crippen LogP contribution in [0.1, 0.15) is 32.3 Å². The number of urea groups is 1. The largest absolute Gasteiger partial charge is 0.368 e. The van der Waals surface area contributed by atoms with Crippen LogP contribution in [0.3, 0.4) is 0 Å². The fourth-order valence-electron chi connectivity index (χ4n) is 3.51. The van der Waals surface area contributed by atoms with E-state index in [1.165, 1.54) is 0 Å². The molecule has 2 aliphatic rings. The van der Waals surface area contributed by atoms with E-state index >= 15 is 0 Å². The number of nitrogens with zero attached hydrogens (tertiary/aromatic N) is 2.